The Hall–Kier alpha value is -1.83. The van der Waals surface area contributed by atoms with Crippen LogP contribution in [0.1, 0.15) is 44.1 Å². The van der Waals surface area contributed by atoms with Crippen molar-refractivity contribution >= 4 is 6.21 Å². The maximum atomic E-state index is 10.1. The van der Waals surface area contributed by atoms with Crippen molar-refractivity contribution in [3.8, 4) is 11.5 Å². The van der Waals surface area contributed by atoms with Crippen LogP contribution in [0.15, 0.2) is 23.4 Å². The minimum atomic E-state index is -0.607. The highest BCUT2D eigenvalue weighted by atomic mass is 16.6. The van der Waals surface area contributed by atoms with E-state index in [1.165, 1.54) is 12.8 Å². The molecule has 1 heterocycles. The van der Waals surface area contributed by atoms with Gasteiger partial charge in [0.1, 0.15) is 12.7 Å². The van der Waals surface area contributed by atoms with E-state index in [9.17, 15) is 10.2 Å². The number of likely N-dealkylation sites (tertiary alicyclic amines) is 1. The molecule has 1 aromatic carbocycles. The number of nitrogens with zero attached hydrogens (tertiary/aromatic N) is 2. The van der Waals surface area contributed by atoms with Gasteiger partial charge in [-0.15, -0.1) is 0 Å². The van der Waals surface area contributed by atoms with E-state index in [0.29, 0.717) is 12.3 Å². The molecule has 7 heteroatoms. The molecule has 1 saturated heterocycles. The Morgan fingerprint density at radius 3 is 2.64 bits per heavy atom. The summed E-state index contributed by atoms with van der Waals surface area (Å²) in [5.41, 5.74) is 0.855. The van der Waals surface area contributed by atoms with E-state index in [2.05, 4.69) is 10.1 Å². The topological polar surface area (TPSA) is 83.8 Å². The van der Waals surface area contributed by atoms with Gasteiger partial charge < -0.3 is 29.4 Å². The average molecular weight is 392 g/mol. The van der Waals surface area contributed by atoms with Gasteiger partial charge in [-0.3, -0.25) is 0 Å². The number of hydrogen-bond donors (Lipinski definition) is 2. The molecule has 28 heavy (non-hydrogen) atoms. The maximum Gasteiger partial charge on any atom is 0.162 e. The smallest absolute Gasteiger partial charge is 0.162 e. The number of hydrogen-bond acceptors (Lipinski definition) is 7. The van der Waals surface area contributed by atoms with Gasteiger partial charge in [-0.05, 0) is 56.7 Å². The predicted molar refractivity (Wildman–Crippen MR) is 107 cm³/mol. The summed E-state index contributed by atoms with van der Waals surface area (Å²) in [5.74, 6) is 1.44. The van der Waals surface area contributed by atoms with E-state index >= 15 is 0 Å². The van der Waals surface area contributed by atoms with Crippen molar-refractivity contribution in [1.29, 1.82) is 0 Å². The third-order valence-electron chi connectivity index (χ3n) is 5.35. The van der Waals surface area contributed by atoms with Gasteiger partial charge in [0.25, 0.3) is 0 Å². The van der Waals surface area contributed by atoms with E-state index in [4.69, 9.17) is 14.3 Å². The van der Waals surface area contributed by atoms with Crippen molar-refractivity contribution in [2.24, 2.45) is 5.16 Å². The number of aliphatic hydroxyl groups is 2. The number of aliphatic hydroxyl groups excluding tert-OH is 2. The van der Waals surface area contributed by atoms with Gasteiger partial charge >= 0.3 is 0 Å². The lowest BCUT2D eigenvalue weighted by Crippen LogP contribution is -2.41. The lowest BCUT2D eigenvalue weighted by atomic mass is 10.1. The second-order valence-corrected chi connectivity index (χ2v) is 7.65. The van der Waals surface area contributed by atoms with Gasteiger partial charge in [0.15, 0.2) is 11.5 Å². The quantitative estimate of drug-likeness (QED) is 0.495. The monoisotopic (exact) mass is 392 g/mol. The van der Waals surface area contributed by atoms with Gasteiger partial charge in [-0.1, -0.05) is 5.16 Å². The zero-order chi connectivity index (χ0) is 19.8. The van der Waals surface area contributed by atoms with Crippen molar-refractivity contribution in [2.75, 3.05) is 33.4 Å². The van der Waals surface area contributed by atoms with Gasteiger partial charge in [-0.25, -0.2) is 0 Å². The Morgan fingerprint density at radius 1 is 1.18 bits per heavy atom. The van der Waals surface area contributed by atoms with Crippen LogP contribution in [-0.4, -0.2) is 73.0 Å². The summed E-state index contributed by atoms with van der Waals surface area (Å²) < 4.78 is 11.5. The SMILES string of the molecule is COc1ccc(/C=N/OCC(O)CN2CCC(O)CC2)cc1OC1CCCC1. The van der Waals surface area contributed by atoms with Gasteiger partial charge in [0.2, 0.25) is 0 Å². The minimum Gasteiger partial charge on any atom is -0.493 e. The third kappa shape index (κ3) is 6.36. The molecule has 7 nitrogen and oxygen atoms in total. The number of oxime groups is 1. The molecule has 1 aliphatic heterocycles. The summed E-state index contributed by atoms with van der Waals surface area (Å²) >= 11 is 0. The average Bonchev–Trinajstić information content (AvgIpc) is 3.20. The molecule has 0 aromatic heterocycles. The zero-order valence-electron chi connectivity index (χ0n) is 16.6. The van der Waals surface area contributed by atoms with Crippen molar-refractivity contribution in [3.05, 3.63) is 23.8 Å². The van der Waals surface area contributed by atoms with Crippen LogP contribution >= 0.6 is 0 Å². The van der Waals surface area contributed by atoms with E-state index < -0.39 is 6.10 Å². The molecule has 0 amide bonds. The first-order chi connectivity index (χ1) is 13.6. The summed E-state index contributed by atoms with van der Waals surface area (Å²) in [6, 6.07) is 5.66. The summed E-state index contributed by atoms with van der Waals surface area (Å²) in [6.07, 6.45) is 7.16. The Balaban J connectivity index is 1.45. The Labute approximate surface area is 166 Å². The highest BCUT2D eigenvalue weighted by Crippen LogP contribution is 2.32. The fourth-order valence-corrected chi connectivity index (χ4v) is 3.73. The lowest BCUT2D eigenvalue weighted by molar-refractivity contribution is 0.00463. The number of rotatable bonds is 9. The second kappa shape index (κ2) is 10.6. The van der Waals surface area contributed by atoms with E-state index in [0.717, 1.165) is 50.1 Å². The van der Waals surface area contributed by atoms with E-state index in [1.807, 2.05) is 18.2 Å². The van der Waals surface area contributed by atoms with Crippen LogP contribution in [0.5, 0.6) is 11.5 Å². The molecule has 1 saturated carbocycles. The number of benzene rings is 1. The van der Waals surface area contributed by atoms with Crippen LogP contribution in [0.25, 0.3) is 0 Å². The number of ether oxygens (including phenoxy) is 2. The first-order valence-corrected chi connectivity index (χ1v) is 10.2. The molecular formula is C21H32N2O5. The van der Waals surface area contributed by atoms with Crippen molar-refractivity contribution in [1.82, 2.24) is 4.90 Å². The minimum absolute atomic E-state index is 0.136. The fraction of sp³-hybridized carbons (Fsp3) is 0.667. The van der Waals surface area contributed by atoms with Crippen LogP contribution < -0.4 is 9.47 Å². The van der Waals surface area contributed by atoms with Gasteiger partial charge in [-0.2, -0.15) is 0 Å². The number of β-amino-alcohol motifs (C(OH)–C–C–N with tert-alkyl or cyclic N) is 1. The third-order valence-corrected chi connectivity index (χ3v) is 5.35. The molecule has 2 aliphatic rings. The Morgan fingerprint density at radius 2 is 1.93 bits per heavy atom. The summed E-state index contributed by atoms with van der Waals surface area (Å²) in [7, 11) is 1.64. The Kier molecular flexibility index (Phi) is 7.94. The standard InChI is InChI=1S/C21H32N2O5/c1-26-20-7-6-16(12-21(20)28-19-4-2-3-5-19)13-22-27-15-18(25)14-23-10-8-17(24)9-11-23/h6-7,12-13,17-19,24-25H,2-5,8-11,14-15H2,1H3/b22-13+. The van der Waals surface area contributed by atoms with Crippen LogP contribution in [0, 0.1) is 0 Å². The molecule has 156 valence electrons. The number of methoxy groups -OCH3 is 1. The molecule has 1 aromatic rings. The Bertz CT molecular complexity index is 625. The number of piperidine rings is 1. The molecule has 3 rings (SSSR count). The lowest BCUT2D eigenvalue weighted by Gasteiger charge is -2.30. The van der Waals surface area contributed by atoms with Gasteiger partial charge in [0.05, 0.1) is 25.5 Å². The second-order valence-electron chi connectivity index (χ2n) is 7.65. The summed E-state index contributed by atoms with van der Waals surface area (Å²) in [4.78, 5) is 7.40. The van der Waals surface area contributed by atoms with Crippen molar-refractivity contribution in [2.45, 2.75) is 56.8 Å². The molecule has 2 N–H and O–H groups in total. The van der Waals surface area contributed by atoms with E-state index in [-0.39, 0.29) is 18.8 Å². The summed E-state index contributed by atoms with van der Waals surface area (Å²) in [5, 5.41) is 23.6. The fourth-order valence-electron chi connectivity index (χ4n) is 3.73. The molecule has 1 atom stereocenters. The van der Waals surface area contributed by atoms with Crippen LogP contribution in [0.4, 0.5) is 0 Å². The highest BCUT2D eigenvalue weighted by Gasteiger charge is 2.20. The zero-order valence-corrected chi connectivity index (χ0v) is 16.6. The van der Waals surface area contributed by atoms with Crippen LogP contribution in [0.3, 0.4) is 0 Å². The largest absolute Gasteiger partial charge is 0.493 e. The molecule has 1 unspecified atom stereocenters. The van der Waals surface area contributed by atoms with Crippen molar-refractivity contribution in [3.63, 3.8) is 0 Å². The first-order valence-electron chi connectivity index (χ1n) is 10.2. The maximum absolute atomic E-state index is 10.1. The molecule has 1 aliphatic carbocycles. The predicted octanol–water partition coefficient (Wildman–Crippen LogP) is 2.18. The molecule has 0 bridgehead atoms. The van der Waals surface area contributed by atoms with Crippen LogP contribution in [-0.2, 0) is 4.84 Å². The molecule has 0 spiro atoms. The summed E-state index contributed by atoms with van der Waals surface area (Å²) in [6.45, 7) is 2.27. The van der Waals surface area contributed by atoms with Gasteiger partial charge in [0, 0.05) is 25.2 Å². The van der Waals surface area contributed by atoms with Crippen LogP contribution in [0.2, 0.25) is 0 Å². The normalized spacial score (nSPS) is 20.5. The van der Waals surface area contributed by atoms with E-state index in [1.54, 1.807) is 13.3 Å². The molecule has 0 radical (unpaired) electrons. The molecule has 2 fully saturated rings. The van der Waals surface area contributed by atoms with Crippen molar-refractivity contribution < 1.29 is 24.5 Å². The molecular weight excluding hydrogens is 360 g/mol. The first kappa shape index (κ1) is 20.9. The highest BCUT2D eigenvalue weighted by molar-refractivity contribution is 5.80.